The summed E-state index contributed by atoms with van der Waals surface area (Å²) in [5, 5.41) is 12.7. The minimum absolute atomic E-state index is 0.0726. The lowest BCUT2D eigenvalue weighted by Crippen LogP contribution is -2.26. The lowest BCUT2D eigenvalue weighted by Gasteiger charge is -2.23. The highest BCUT2D eigenvalue weighted by atomic mass is 16.5. The van der Waals surface area contributed by atoms with Gasteiger partial charge in [0.25, 0.3) is 0 Å². The Bertz CT molecular complexity index is 983. The topological polar surface area (TPSA) is 80.6 Å². The zero-order valence-corrected chi connectivity index (χ0v) is 16.7. The molecule has 0 bridgehead atoms. The van der Waals surface area contributed by atoms with Gasteiger partial charge in [0.05, 0.1) is 32.0 Å². The molecule has 2 aliphatic heterocycles. The highest BCUT2D eigenvalue weighted by Crippen LogP contribution is 2.51. The van der Waals surface area contributed by atoms with Crippen molar-refractivity contribution < 1.29 is 19.0 Å². The van der Waals surface area contributed by atoms with Gasteiger partial charge < -0.3 is 19.5 Å². The van der Waals surface area contributed by atoms with E-state index in [1.54, 1.807) is 0 Å². The van der Waals surface area contributed by atoms with Gasteiger partial charge in [-0.25, -0.2) is 0 Å². The molecule has 2 aromatic rings. The summed E-state index contributed by atoms with van der Waals surface area (Å²) in [4.78, 5) is 12.5. The molecule has 2 aromatic carbocycles. The van der Waals surface area contributed by atoms with Crippen LogP contribution in [0, 0.1) is 29.1 Å². The van der Waals surface area contributed by atoms with Gasteiger partial charge in [-0.3, -0.25) is 4.79 Å². The maximum absolute atomic E-state index is 12.5. The van der Waals surface area contributed by atoms with Crippen molar-refractivity contribution in [2.75, 3.05) is 31.7 Å². The molecule has 2 saturated heterocycles. The number of nitrogens with zero attached hydrogens (tertiary/aromatic N) is 1. The molecule has 1 saturated carbocycles. The predicted molar refractivity (Wildman–Crippen MR) is 111 cm³/mol. The van der Waals surface area contributed by atoms with Crippen LogP contribution in [-0.2, 0) is 14.3 Å². The van der Waals surface area contributed by atoms with E-state index in [1.807, 2.05) is 42.5 Å². The lowest BCUT2D eigenvalue weighted by molar-refractivity contribution is -0.118. The minimum Gasteiger partial charge on any atom is -0.489 e. The molecule has 1 amide bonds. The average molecular weight is 404 g/mol. The van der Waals surface area contributed by atoms with Gasteiger partial charge >= 0.3 is 0 Å². The summed E-state index contributed by atoms with van der Waals surface area (Å²) in [6, 6.07) is 15.6. The van der Waals surface area contributed by atoms with Crippen molar-refractivity contribution in [2.45, 2.75) is 18.9 Å². The first-order valence-electron chi connectivity index (χ1n) is 10.5. The summed E-state index contributed by atoms with van der Waals surface area (Å²) in [5.41, 5.74) is 3.14. The van der Waals surface area contributed by atoms with Crippen LogP contribution in [0.25, 0.3) is 11.1 Å². The molecule has 6 nitrogen and oxygen atoms in total. The number of nitriles is 1. The molecule has 3 fully saturated rings. The Morgan fingerprint density at radius 3 is 2.57 bits per heavy atom. The summed E-state index contributed by atoms with van der Waals surface area (Å²) in [6.45, 7) is 2.78. The van der Waals surface area contributed by atoms with E-state index in [2.05, 4.69) is 11.4 Å². The number of hydrogen-bond donors (Lipinski definition) is 1. The Morgan fingerprint density at radius 2 is 1.80 bits per heavy atom. The van der Waals surface area contributed by atoms with Gasteiger partial charge in [-0.1, -0.05) is 18.2 Å². The molecule has 0 spiro atoms. The molecule has 3 aliphatic rings. The number of benzene rings is 2. The molecule has 0 radical (unpaired) electrons. The molecule has 0 unspecified atom stereocenters. The van der Waals surface area contributed by atoms with Gasteiger partial charge in [-0.15, -0.1) is 0 Å². The smallest absolute Gasteiger partial charge is 0.228 e. The van der Waals surface area contributed by atoms with Crippen molar-refractivity contribution in [3.63, 3.8) is 0 Å². The van der Waals surface area contributed by atoms with E-state index in [0.29, 0.717) is 49.6 Å². The van der Waals surface area contributed by atoms with Crippen LogP contribution in [0.5, 0.6) is 5.75 Å². The summed E-state index contributed by atoms with van der Waals surface area (Å²) < 4.78 is 16.8. The monoisotopic (exact) mass is 404 g/mol. The zero-order valence-electron chi connectivity index (χ0n) is 16.7. The average Bonchev–Trinajstić information content (AvgIpc) is 3.27. The van der Waals surface area contributed by atoms with Crippen LogP contribution in [0.2, 0.25) is 0 Å². The van der Waals surface area contributed by atoms with E-state index in [9.17, 15) is 10.1 Å². The Kier molecular flexibility index (Phi) is 5.16. The molecule has 3 atom stereocenters. The SMILES string of the molecule is N#Cc1cc(-c2cccc(NC(=O)[C@H]3[C@@H]4COC[C@@H]43)c2)ccc1OC1CCOCC1. The Balaban J connectivity index is 1.30. The molecular formula is C24H24N2O4. The van der Waals surface area contributed by atoms with Crippen LogP contribution < -0.4 is 10.1 Å². The lowest BCUT2D eigenvalue weighted by atomic mass is 10.0. The van der Waals surface area contributed by atoms with Crippen molar-refractivity contribution >= 4 is 11.6 Å². The summed E-state index contributed by atoms with van der Waals surface area (Å²) in [6.07, 6.45) is 1.76. The van der Waals surface area contributed by atoms with E-state index < -0.39 is 0 Å². The van der Waals surface area contributed by atoms with Crippen molar-refractivity contribution in [3.05, 3.63) is 48.0 Å². The van der Waals surface area contributed by atoms with Crippen LogP contribution in [-0.4, -0.2) is 38.4 Å². The molecule has 30 heavy (non-hydrogen) atoms. The van der Waals surface area contributed by atoms with Crippen LogP contribution in [0.15, 0.2) is 42.5 Å². The Hall–Kier alpha value is -2.88. The van der Waals surface area contributed by atoms with Crippen molar-refractivity contribution in [1.29, 1.82) is 5.26 Å². The van der Waals surface area contributed by atoms with Gasteiger partial charge in [0, 0.05) is 24.4 Å². The standard InChI is InChI=1S/C24H24N2O4/c25-12-17-10-16(4-5-22(17)30-19-6-8-28-9-7-19)15-2-1-3-18(11-15)26-24(27)23-20-13-29-14-21(20)23/h1-5,10-11,19-21,23H,6-9,13-14H2,(H,26,27)/t20-,21+,23+. The largest absolute Gasteiger partial charge is 0.489 e. The second-order valence-corrected chi connectivity index (χ2v) is 8.21. The van der Waals surface area contributed by atoms with E-state index in [-0.39, 0.29) is 17.9 Å². The molecule has 1 N–H and O–H groups in total. The van der Waals surface area contributed by atoms with Gasteiger partial charge in [-0.05, 0) is 47.2 Å². The molecule has 5 rings (SSSR count). The predicted octanol–water partition coefficient (Wildman–Crippen LogP) is 3.61. The second-order valence-electron chi connectivity index (χ2n) is 8.21. The summed E-state index contributed by atoms with van der Waals surface area (Å²) in [7, 11) is 0. The number of amides is 1. The van der Waals surface area contributed by atoms with Gasteiger partial charge in [0.2, 0.25) is 5.91 Å². The molecule has 154 valence electrons. The van der Waals surface area contributed by atoms with Crippen molar-refractivity contribution in [3.8, 4) is 22.9 Å². The number of anilines is 1. The molecule has 2 heterocycles. The highest BCUT2D eigenvalue weighted by molar-refractivity contribution is 5.95. The molecule has 0 aromatic heterocycles. The third-order valence-corrected chi connectivity index (χ3v) is 6.28. The first-order chi connectivity index (χ1) is 14.7. The number of nitrogens with one attached hydrogen (secondary N) is 1. The van der Waals surface area contributed by atoms with Crippen LogP contribution in [0.4, 0.5) is 5.69 Å². The van der Waals surface area contributed by atoms with Crippen molar-refractivity contribution in [1.82, 2.24) is 0 Å². The number of carbonyl (C=O) groups is 1. The molecule has 1 aliphatic carbocycles. The zero-order chi connectivity index (χ0) is 20.5. The first-order valence-corrected chi connectivity index (χ1v) is 10.5. The number of fused-ring (bicyclic) bond motifs is 1. The van der Waals surface area contributed by atoms with Gasteiger partial charge in [-0.2, -0.15) is 5.26 Å². The number of hydrogen-bond acceptors (Lipinski definition) is 5. The highest BCUT2D eigenvalue weighted by Gasteiger charge is 2.57. The maximum atomic E-state index is 12.5. The summed E-state index contributed by atoms with van der Waals surface area (Å²) in [5.74, 6) is 1.53. The minimum atomic E-state index is 0.0726. The van der Waals surface area contributed by atoms with Gasteiger partial charge in [0.1, 0.15) is 17.9 Å². The van der Waals surface area contributed by atoms with Crippen LogP contribution >= 0.6 is 0 Å². The Labute approximate surface area is 175 Å². The normalized spacial score (nSPS) is 25.2. The fourth-order valence-corrected chi connectivity index (χ4v) is 4.50. The number of carbonyl (C=O) groups excluding carboxylic acids is 1. The van der Waals surface area contributed by atoms with Crippen LogP contribution in [0.3, 0.4) is 0 Å². The second kappa shape index (κ2) is 8.10. The van der Waals surface area contributed by atoms with E-state index in [1.165, 1.54) is 0 Å². The third kappa shape index (κ3) is 3.79. The van der Waals surface area contributed by atoms with E-state index in [4.69, 9.17) is 14.2 Å². The quantitative estimate of drug-likeness (QED) is 0.823. The third-order valence-electron chi connectivity index (χ3n) is 6.28. The molecule has 6 heteroatoms. The van der Waals surface area contributed by atoms with E-state index in [0.717, 1.165) is 29.7 Å². The Morgan fingerprint density at radius 1 is 1.03 bits per heavy atom. The van der Waals surface area contributed by atoms with Crippen molar-refractivity contribution in [2.24, 2.45) is 17.8 Å². The van der Waals surface area contributed by atoms with Crippen LogP contribution in [0.1, 0.15) is 18.4 Å². The fourth-order valence-electron chi connectivity index (χ4n) is 4.50. The first kappa shape index (κ1) is 19.1. The van der Waals surface area contributed by atoms with Gasteiger partial charge in [0.15, 0.2) is 0 Å². The van der Waals surface area contributed by atoms with E-state index >= 15 is 0 Å². The maximum Gasteiger partial charge on any atom is 0.228 e. The summed E-state index contributed by atoms with van der Waals surface area (Å²) >= 11 is 0. The number of ether oxygens (including phenoxy) is 3. The molecular weight excluding hydrogens is 380 g/mol. The fraction of sp³-hybridized carbons (Fsp3) is 0.417. The number of rotatable bonds is 5.